The Labute approximate surface area is 145 Å². The molecule has 1 amide bonds. The largest absolute Gasteiger partial charge is 0.497 e. The van der Waals surface area contributed by atoms with E-state index in [1.54, 1.807) is 31.4 Å². The quantitative estimate of drug-likeness (QED) is 0.640. The number of thioether (sulfide) groups is 1. The Morgan fingerprint density at radius 2 is 1.79 bits per heavy atom. The van der Waals surface area contributed by atoms with Crippen molar-refractivity contribution < 1.29 is 19.1 Å². The third-order valence-corrected chi connectivity index (χ3v) is 4.40. The number of carbonyl (C=O) groups excluding carboxylic acids is 2. The van der Waals surface area contributed by atoms with Crippen LogP contribution in [0.3, 0.4) is 0 Å². The molecule has 0 aliphatic heterocycles. The van der Waals surface area contributed by atoms with Crippen molar-refractivity contribution in [1.82, 2.24) is 0 Å². The van der Waals surface area contributed by atoms with E-state index in [0.717, 1.165) is 10.6 Å². The van der Waals surface area contributed by atoms with E-state index in [1.165, 1.54) is 18.9 Å². The summed E-state index contributed by atoms with van der Waals surface area (Å²) in [6, 6.07) is 14.2. The fourth-order valence-corrected chi connectivity index (χ4v) is 2.87. The first kappa shape index (κ1) is 17.9. The fraction of sp³-hybridized carbons (Fsp3) is 0.222. The molecule has 1 atom stereocenters. The lowest BCUT2D eigenvalue weighted by Gasteiger charge is -2.13. The highest BCUT2D eigenvalue weighted by atomic mass is 32.2. The molecule has 0 saturated carbocycles. The number of ether oxygens (including phenoxy) is 2. The molecule has 0 aromatic heterocycles. The molecule has 0 radical (unpaired) electrons. The number of amides is 1. The van der Waals surface area contributed by atoms with Gasteiger partial charge in [-0.15, -0.1) is 11.8 Å². The van der Waals surface area contributed by atoms with E-state index < -0.39 is 5.97 Å². The van der Waals surface area contributed by atoms with Crippen LogP contribution in [0.4, 0.5) is 5.69 Å². The van der Waals surface area contributed by atoms with Gasteiger partial charge in [-0.25, -0.2) is 4.79 Å². The fourth-order valence-electron chi connectivity index (χ4n) is 2.00. The van der Waals surface area contributed by atoms with Gasteiger partial charge in [-0.3, -0.25) is 4.79 Å². The van der Waals surface area contributed by atoms with E-state index in [4.69, 9.17) is 4.74 Å². The lowest BCUT2D eigenvalue weighted by atomic mass is 10.2. The van der Waals surface area contributed by atoms with Crippen LogP contribution in [0, 0.1) is 0 Å². The molecule has 0 saturated heterocycles. The van der Waals surface area contributed by atoms with Crippen molar-refractivity contribution in [3.8, 4) is 5.75 Å². The zero-order valence-electron chi connectivity index (χ0n) is 13.7. The summed E-state index contributed by atoms with van der Waals surface area (Å²) in [7, 11) is 2.93. The zero-order valence-corrected chi connectivity index (χ0v) is 14.6. The van der Waals surface area contributed by atoms with Crippen LogP contribution in [0.2, 0.25) is 0 Å². The molecule has 0 aliphatic carbocycles. The molecule has 0 heterocycles. The van der Waals surface area contributed by atoms with Crippen LogP contribution in [-0.4, -0.2) is 31.3 Å². The molecule has 0 unspecified atom stereocenters. The summed E-state index contributed by atoms with van der Waals surface area (Å²) in [5.74, 6) is 0.195. The summed E-state index contributed by atoms with van der Waals surface area (Å²) in [4.78, 5) is 24.8. The molecule has 24 heavy (non-hydrogen) atoms. The first-order valence-corrected chi connectivity index (χ1v) is 8.21. The highest BCUT2D eigenvalue weighted by Gasteiger charge is 2.15. The summed E-state index contributed by atoms with van der Waals surface area (Å²) >= 11 is 1.45. The Bertz CT molecular complexity index is 715. The Balaban J connectivity index is 1.99. The number of hydrogen-bond donors (Lipinski definition) is 1. The third kappa shape index (κ3) is 4.76. The summed E-state index contributed by atoms with van der Waals surface area (Å²) in [5, 5.41) is 2.52. The summed E-state index contributed by atoms with van der Waals surface area (Å²) in [6.45, 7) is 1.83. The number of nitrogens with one attached hydrogen (secondary N) is 1. The van der Waals surface area contributed by atoms with E-state index in [2.05, 4.69) is 10.1 Å². The summed E-state index contributed by atoms with van der Waals surface area (Å²) in [6.07, 6.45) is 0. The Kier molecular flexibility index (Phi) is 6.26. The van der Waals surface area contributed by atoms with Gasteiger partial charge in [0.1, 0.15) is 5.75 Å². The standard InChI is InChI=1S/C18H19NO4S/c1-12(24-16-9-7-15(22-2)8-10-16)17(20)19-14-6-4-5-13(11-14)18(21)23-3/h4-12H,1-3H3,(H,19,20)/t12-/m0/s1. The first-order chi connectivity index (χ1) is 11.5. The van der Waals surface area contributed by atoms with Crippen molar-refractivity contribution in [2.24, 2.45) is 0 Å². The first-order valence-electron chi connectivity index (χ1n) is 7.33. The molecule has 0 bridgehead atoms. The second-order valence-electron chi connectivity index (χ2n) is 5.00. The lowest BCUT2D eigenvalue weighted by molar-refractivity contribution is -0.115. The van der Waals surface area contributed by atoms with Gasteiger partial charge in [0.15, 0.2) is 0 Å². The number of hydrogen-bond acceptors (Lipinski definition) is 5. The van der Waals surface area contributed by atoms with Gasteiger partial charge in [0, 0.05) is 10.6 Å². The zero-order chi connectivity index (χ0) is 17.5. The topological polar surface area (TPSA) is 64.6 Å². The summed E-state index contributed by atoms with van der Waals surface area (Å²) in [5.41, 5.74) is 0.954. The molecule has 0 aliphatic rings. The number of benzene rings is 2. The smallest absolute Gasteiger partial charge is 0.337 e. The van der Waals surface area contributed by atoms with Gasteiger partial charge in [-0.05, 0) is 49.4 Å². The Morgan fingerprint density at radius 1 is 1.08 bits per heavy atom. The van der Waals surface area contributed by atoms with Crippen molar-refractivity contribution >= 4 is 29.3 Å². The number of methoxy groups -OCH3 is 2. The van der Waals surface area contributed by atoms with Crippen LogP contribution < -0.4 is 10.1 Å². The highest BCUT2D eigenvalue weighted by Crippen LogP contribution is 2.26. The summed E-state index contributed by atoms with van der Waals surface area (Å²) < 4.78 is 9.79. The molecule has 5 nitrogen and oxygen atoms in total. The van der Waals surface area contributed by atoms with Gasteiger partial charge in [-0.2, -0.15) is 0 Å². The van der Waals surface area contributed by atoms with Crippen LogP contribution in [0.5, 0.6) is 5.75 Å². The Morgan fingerprint density at radius 3 is 2.42 bits per heavy atom. The molecular weight excluding hydrogens is 326 g/mol. The van der Waals surface area contributed by atoms with Crippen LogP contribution in [0.15, 0.2) is 53.4 Å². The van der Waals surface area contributed by atoms with Crippen LogP contribution >= 0.6 is 11.8 Å². The number of carbonyl (C=O) groups is 2. The average Bonchev–Trinajstić information content (AvgIpc) is 2.61. The van der Waals surface area contributed by atoms with E-state index in [-0.39, 0.29) is 11.2 Å². The molecular formula is C18H19NO4S. The average molecular weight is 345 g/mol. The van der Waals surface area contributed by atoms with Crippen LogP contribution in [0.25, 0.3) is 0 Å². The minimum atomic E-state index is -0.438. The molecule has 2 rings (SSSR count). The van der Waals surface area contributed by atoms with Crippen LogP contribution in [-0.2, 0) is 9.53 Å². The maximum Gasteiger partial charge on any atom is 0.337 e. The molecule has 2 aromatic rings. The SMILES string of the molecule is COC(=O)c1cccc(NC(=O)[C@H](C)Sc2ccc(OC)cc2)c1. The molecule has 1 N–H and O–H groups in total. The minimum Gasteiger partial charge on any atom is -0.497 e. The van der Waals surface area contributed by atoms with Crippen molar-refractivity contribution in [2.75, 3.05) is 19.5 Å². The lowest BCUT2D eigenvalue weighted by Crippen LogP contribution is -2.22. The van der Waals surface area contributed by atoms with E-state index >= 15 is 0 Å². The van der Waals surface area contributed by atoms with Gasteiger partial charge in [0.25, 0.3) is 0 Å². The predicted octanol–water partition coefficient (Wildman–Crippen LogP) is 3.60. The van der Waals surface area contributed by atoms with Gasteiger partial charge in [0.2, 0.25) is 5.91 Å². The normalized spacial score (nSPS) is 11.5. The third-order valence-electron chi connectivity index (χ3n) is 3.29. The molecule has 0 fully saturated rings. The van der Waals surface area contributed by atoms with Gasteiger partial charge >= 0.3 is 5.97 Å². The van der Waals surface area contributed by atoms with E-state index in [0.29, 0.717) is 11.3 Å². The highest BCUT2D eigenvalue weighted by molar-refractivity contribution is 8.00. The van der Waals surface area contributed by atoms with E-state index in [9.17, 15) is 9.59 Å². The monoisotopic (exact) mass is 345 g/mol. The number of esters is 1. The predicted molar refractivity (Wildman–Crippen MR) is 94.7 cm³/mol. The second-order valence-corrected chi connectivity index (χ2v) is 6.41. The minimum absolute atomic E-state index is 0.141. The Hall–Kier alpha value is -2.47. The van der Waals surface area contributed by atoms with Gasteiger partial charge in [0.05, 0.1) is 25.0 Å². The van der Waals surface area contributed by atoms with Crippen molar-refractivity contribution in [2.45, 2.75) is 17.1 Å². The maximum absolute atomic E-state index is 12.3. The van der Waals surface area contributed by atoms with Crippen molar-refractivity contribution in [3.63, 3.8) is 0 Å². The molecule has 126 valence electrons. The van der Waals surface area contributed by atoms with Crippen LogP contribution in [0.1, 0.15) is 17.3 Å². The number of anilines is 1. The van der Waals surface area contributed by atoms with Gasteiger partial charge in [-0.1, -0.05) is 6.07 Å². The van der Waals surface area contributed by atoms with Crippen molar-refractivity contribution in [1.29, 1.82) is 0 Å². The molecule has 6 heteroatoms. The van der Waals surface area contributed by atoms with E-state index in [1.807, 2.05) is 31.2 Å². The maximum atomic E-state index is 12.3. The second kappa shape index (κ2) is 8.40. The van der Waals surface area contributed by atoms with Crippen molar-refractivity contribution in [3.05, 3.63) is 54.1 Å². The molecule has 2 aromatic carbocycles. The number of rotatable bonds is 6. The molecule has 0 spiro atoms. The van der Waals surface area contributed by atoms with Gasteiger partial charge < -0.3 is 14.8 Å².